The van der Waals surface area contributed by atoms with Gasteiger partial charge in [0, 0.05) is 31.6 Å². The first-order valence-electron chi connectivity index (χ1n) is 9.11. The van der Waals surface area contributed by atoms with Crippen LogP contribution in [0.1, 0.15) is 40.0 Å². The first-order valence-corrected chi connectivity index (χ1v) is 9.11. The summed E-state index contributed by atoms with van der Waals surface area (Å²) in [6.45, 7) is 1.17. The molecule has 3 saturated heterocycles. The Hall–Kier alpha value is -2.88. The molecule has 4 aliphatic rings. The van der Waals surface area contributed by atoms with Gasteiger partial charge in [-0.2, -0.15) is 0 Å². The molecule has 5 rings (SSSR count). The number of amides is 4. The molecule has 28 heavy (non-hydrogen) atoms. The molecule has 0 spiro atoms. The van der Waals surface area contributed by atoms with Crippen LogP contribution in [-0.4, -0.2) is 59.7 Å². The van der Waals surface area contributed by atoms with Gasteiger partial charge in [0.05, 0.1) is 11.1 Å². The first kappa shape index (κ1) is 17.2. The summed E-state index contributed by atoms with van der Waals surface area (Å²) in [5, 5.41) is 5.23. The van der Waals surface area contributed by atoms with E-state index < -0.39 is 52.4 Å². The van der Waals surface area contributed by atoms with Crippen LogP contribution in [0.3, 0.4) is 0 Å². The van der Waals surface area contributed by atoms with Crippen molar-refractivity contribution in [1.82, 2.24) is 15.5 Å². The van der Waals surface area contributed by atoms with Crippen molar-refractivity contribution in [3.05, 3.63) is 28.8 Å². The Bertz CT molecular complexity index is 951. The number of nitrogens with zero attached hydrogens (tertiary/aromatic N) is 2. The van der Waals surface area contributed by atoms with Crippen molar-refractivity contribution in [2.45, 2.75) is 37.4 Å². The lowest BCUT2D eigenvalue weighted by molar-refractivity contribution is -0.136. The monoisotopic (exact) mass is 390 g/mol. The van der Waals surface area contributed by atoms with E-state index in [1.807, 2.05) is 0 Å². The van der Waals surface area contributed by atoms with E-state index in [0.717, 1.165) is 12.5 Å². The van der Waals surface area contributed by atoms with Crippen LogP contribution >= 0.6 is 0 Å². The third kappa shape index (κ3) is 2.17. The van der Waals surface area contributed by atoms with E-state index in [2.05, 4.69) is 10.6 Å². The Labute approximate surface area is 157 Å². The summed E-state index contributed by atoms with van der Waals surface area (Å²) in [7, 11) is 0. The summed E-state index contributed by atoms with van der Waals surface area (Å²) in [6, 6.07) is -0.483. The molecule has 2 N–H and O–H groups in total. The van der Waals surface area contributed by atoms with Crippen molar-refractivity contribution in [3.8, 4) is 0 Å². The van der Waals surface area contributed by atoms with Gasteiger partial charge in [-0.15, -0.1) is 0 Å². The van der Waals surface area contributed by atoms with E-state index in [0.29, 0.717) is 18.0 Å². The SMILES string of the molecule is O=C1CCC(N2C(=O)c3cc(F)c(N4C5CNCC4C5)c(F)c3C2=O)C(=O)N1. The molecule has 3 fully saturated rings. The predicted octanol–water partition coefficient (Wildman–Crippen LogP) is -0.0835. The Morgan fingerprint density at radius 2 is 1.75 bits per heavy atom. The highest BCUT2D eigenvalue weighted by Gasteiger charge is 2.49. The minimum Gasteiger partial charge on any atom is -0.358 e. The van der Waals surface area contributed by atoms with Gasteiger partial charge in [0.15, 0.2) is 5.82 Å². The highest BCUT2D eigenvalue weighted by molar-refractivity contribution is 6.24. The normalized spacial score (nSPS) is 29.0. The van der Waals surface area contributed by atoms with Gasteiger partial charge in [-0.05, 0) is 18.9 Å². The van der Waals surface area contributed by atoms with Crippen LogP contribution in [0.2, 0.25) is 0 Å². The maximum absolute atomic E-state index is 15.3. The molecule has 8 nitrogen and oxygen atoms in total. The van der Waals surface area contributed by atoms with Crippen LogP contribution in [0.4, 0.5) is 14.5 Å². The summed E-state index contributed by atoms with van der Waals surface area (Å²) in [5.74, 6) is -5.18. The zero-order valence-corrected chi connectivity index (χ0v) is 14.6. The number of rotatable bonds is 2. The number of carbonyl (C=O) groups excluding carboxylic acids is 4. The van der Waals surface area contributed by atoms with E-state index in [4.69, 9.17) is 0 Å². The standard InChI is InChI=1S/C18H16F2N4O4/c19-10-4-9-13(14(20)15(10)23-7-3-8(23)6-21-5-7)18(28)24(17(9)27)11-1-2-12(25)22-16(11)26/h4,7-8,11,21H,1-3,5-6H2,(H,22,25,26). The molecule has 4 amide bonds. The molecule has 3 unspecified atom stereocenters. The number of nitrogens with one attached hydrogen (secondary N) is 2. The number of imide groups is 2. The van der Waals surface area contributed by atoms with Gasteiger partial charge in [0.25, 0.3) is 11.8 Å². The molecule has 4 aliphatic heterocycles. The maximum atomic E-state index is 15.3. The van der Waals surface area contributed by atoms with Crippen LogP contribution in [0.5, 0.6) is 0 Å². The number of hydrogen-bond donors (Lipinski definition) is 2. The van der Waals surface area contributed by atoms with E-state index in [1.54, 1.807) is 4.90 Å². The molecular weight excluding hydrogens is 374 g/mol. The van der Waals surface area contributed by atoms with Gasteiger partial charge in [0.1, 0.15) is 17.5 Å². The summed E-state index contributed by atoms with van der Waals surface area (Å²) in [4.78, 5) is 51.2. The molecule has 0 aromatic heterocycles. The molecule has 1 aromatic carbocycles. The number of fused-ring (bicyclic) bond motifs is 3. The second kappa shape index (κ2) is 5.81. The number of benzene rings is 1. The molecule has 0 saturated carbocycles. The smallest absolute Gasteiger partial charge is 0.265 e. The number of anilines is 1. The average Bonchev–Trinajstić information content (AvgIpc) is 2.90. The minimum atomic E-state index is -1.22. The molecule has 146 valence electrons. The van der Waals surface area contributed by atoms with Crippen LogP contribution in [0.15, 0.2) is 6.07 Å². The molecule has 2 bridgehead atoms. The van der Waals surface area contributed by atoms with Crippen molar-refractivity contribution in [2.24, 2.45) is 0 Å². The minimum absolute atomic E-state index is 0.0456. The van der Waals surface area contributed by atoms with Crippen LogP contribution < -0.4 is 15.5 Å². The maximum Gasteiger partial charge on any atom is 0.265 e. The number of piperidine rings is 2. The summed E-state index contributed by atoms with van der Waals surface area (Å²) < 4.78 is 30.1. The lowest BCUT2D eigenvalue weighted by Gasteiger charge is -2.54. The highest BCUT2D eigenvalue weighted by atomic mass is 19.1. The fourth-order valence-corrected chi connectivity index (χ4v) is 4.62. The van der Waals surface area contributed by atoms with Gasteiger partial charge in [0.2, 0.25) is 11.8 Å². The third-order valence-corrected chi connectivity index (χ3v) is 5.95. The van der Waals surface area contributed by atoms with Gasteiger partial charge >= 0.3 is 0 Å². The number of carbonyl (C=O) groups is 4. The lowest BCUT2D eigenvalue weighted by Crippen LogP contribution is -2.68. The first-order chi connectivity index (χ1) is 13.4. The molecule has 3 atom stereocenters. The van der Waals surface area contributed by atoms with Gasteiger partial charge in [-0.25, -0.2) is 8.78 Å². The summed E-state index contributed by atoms with van der Waals surface area (Å²) in [6.07, 6.45) is 0.712. The van der Waals surface area contributed by atoms with Crippen molar-refractivity contribution in [2.75, 3.05) is 18.0 Å². The third-order valence-electron chi connectivity index (χ3n) is 5.95. The Morgan fingerprint density at radius 3 is 2.39 bits per heavy atom. The van der Waals surface area contributed by atoms with Crippen molar-refractivity contribution in [1.29, 1.82) is 0 Å². The fourth-order valence-electron chi connectivity index (χ4n) is 4.62. The zero-order valence-electron chi connectivity index (χ0n) is 14.6. The quantitative estimate of drug-likeness (QED) is 0.686. The molecule has 10 heteroatoms. The Morgan fingerprint density at radius 1 is 1.04 bits per heavy atom. The molecule has 0 radical (unpaired) electrons. The Balaban J connectivity index is 1.55. The molecule has 1 aromatic rings. The van der Waals surface area contributed by atoms with Crippen LogP contribution in [-0.2, 0) is 9.59 Å². The van der Waals surface area contributed by atoms with Crippen LogP contribution in [0.25, 0.3) is 0 Å². The van der Waals surface area contributed by atoms with Crippen molar-refractivity contribution in [3.63, 3.8) is 0 Å². The topological polar surface area (TPSA) is 98.8 Å². The molecule has 0 aliphatic carbocycles. The number of halogens is 2. The van der Waals surface area contributed by atoms with E-state index >= 15 is 4.39 Å². The zero-order chi connectivity index (χ0) is 19.7. The largest absolute Gasteiger partial charge is 0.358 e. The average molecular weight is 390 g/mol. The number of hydrogen-bond acceptors (Lipinski definition) is 6. The second-order valence-electron chi connectivity index (χ2n) is 7.50. The fraction of sp³-hybridized carbons (Fsp3) is 0.444. The highest BCUT2D eigenvalue weighted by Crippen LogP contribution is 2.41. The second-order valence-corrected chi connectivity index (χ2v) is 7.50. The molecular formula is C18H16F2N4O4. The van der Waals surface area contributed by atoms with E-state index in [1.165, 1.54) is 0 Å². The summed E-state index contributed by atoms with van der Waals surface area (Å²) >= 11 is 0. The van der Waals surface area contributed by atoms with Gasteiger partial charge in [-0.1, -0.05) is 0 Å². The summed E-state index contributed by atoms with van der Waals surface area (Å²) in [5.41, 5.74) is -1.20. The van der Waals surface area contributed by atoms with Gasteiger partial charge in [-0.3, -0.25) is 29.4 Å². The van der Waals surface area contributed by atoms with E-state index in [-0.39, 0.29) is 30.6 Å². The van der Waals surface area contributed by atoms with Crippen molar-refractivity contribution < 1.29 is 28.0 Å². The Kier molecular flexibility index (Phi) is 3.57. The van der Waals surface area contributed by atoms with E-state index in [9.17, 15) is 23.6 Å². The molecule has 4 heterocycles. The van der Waals surface area contributed by atoms with Gasteiger partial charge < -0.3 is 10.2 Å². The predicted molar refractivity (Wildman–Crippen MR) is 90.6 cm³/mol. The van der Waals surface area contributed by atoms with Crippen LogP contribution in [0, 0.1) is 11.6 Å². The number of piperazine rings is 1. The lowest BCUT2D eigenvalue weighted by atomic mass is 9.87. The van der Waals surface area contributed by atoms with Crippen molar-refractivity contribution >= 4 is 29.3 Å².